The smallest absolute Gasteiger partial charge is 0.416 e. The summed E-state index contributed by atoms with van der Waals surface area (Å²) >= 11 is 0. The van der Waals surface area contributed by atoms with E-state index in [1.165, 1.54) is 25.2 Å². The van der Waals surface area contributed by atoms with Gasteiger partial charge in [-0.3, -0.25) is 9.59 Å². The molecule has 4 rings (SSSR count). The van der Waals surface area contributed by atoms with E-state index in [2.05, 4.69) is 5.32 Å². The topological polar surface area (TPSA) is 71.1 Å². The molecule has 2 aliphatic rings. The number of amides is 2. The van der Waals surface area contributed by atoms with Crippen molar-refractivity contribution in [3.05, 3.63) is 42.0 Å². The minimum absolute atomic E-state index is 0.0565. The lowest BCUT2D eigenvalue weighted by molar-refractivity contribution is -0.137. The number of rotatable bonds is 6. The third-order valence-electron chi connectivity index (χ3n) is 6.20. The molecule has 0 aromatic heterocycles. The summed E-state index contributed by atoms with van der Waals surface area (Å²) in [6.07, 6.45) is -2.72. The number of nitrogens with zero attached hydrogens (tertiary/aromatic N) is 2. The maximum atomic E-state index is 13.3. The number of hydrogen-bond donors (Lipinski definition) is 1. The fraction of sp³-hybridized carbons (Fsp3) is 0.417. The summed E-state index contributed by atoms with van der Waals surface area (Å²) in [4.78, 5) is 29.2. The van der Waals surface area contributed by atoms with E-state index in [4.69, 9.17) is 9.47 Å². The third kappa shape index (κ3) is 4.76. The van der Waals surface area contributed by atoms with Crippen molar-refractivity contribution in [2.75, 3.05) is 49.0 Å². The molecule has 1 atom stereocenters. The van der Waals surface area contributed by atoms with Crippen molar-refractivity contribution in [2.45, 2.75) is 25.4 Å². The normalized spacial score (nSPS) is 18.4. The second-order valence-electron chi connectivity index (χ2n) is 8.36. The van der Waals surface area contributed by atoms with Crippen LogP contribution in [0.5, 0.6) is 11.5 Å². The van der Waals surface area contributed by atoms with Crippen LogP contribution in [0.4, 0.5) is 30.2 Å². The predicted octanol–water partition coefficient (Wildman–Crippen LogP) is 4.31. The predicted molar refractivity (Wildman–Crippen MR) is 122 cm³/mol. The van der Waals surface area contributed by atoms with Gasteiger partial charge in [-0.1, -0.05) is 0 Å². The Balaban J connectivity index is 1.56. The Morgan fingerprint density at radius 1 is 1.03 bits per heavy atom. The lowest BCUT2D eigenvalue weighted by atomic mass is 10.1. The van der Waals surface area contributed by atoms with E-state index in [0.717, 1.165) is 25.0 Å². The van der Waals surface area contributed by atoms with E-state index in [9.17, 15) is 22.8 Å². The molecular formula is C24H26F3N3O4. The number of carbonyl (C=O) groups is 2. The lowest BCUT2D eigenvalue weighted by Crippen LogP contribution is -2.29. The average molecular weight is 477 g/mol. The molecule has 7 nitrogen and oxygen atoms in total. The first-order valence-corrected chi connectivity index (χ1v) is 11.0. The molecule has 0 radical (unpaired) electrons. The molecule has 2 aliphatic heterocycles. The molecule has 0 aliphatic carbocycles. The van der Waals surface area contributed by atoms with Gasteiger partial charge >= 0.3 is 6.18 Å². The number of benzene rings is 2. The number of carbonyl (C=O) groups excluding carboxylic acids is 2. The van der Waals surface area contributed by atoms with Crippen LogP contribution in [0.2, 0.25) is 0 Å². The summed E-state index contributed by atoms with van der Waals surface area (Å²) in [5.41, 5.74) is 0.324. The summed E-state index contributed by atoms with van der Waals surface area (Å²) < 4.78 is 50.6. The van der Waals surface area contributed by atoms with Crippen molar-refractivity contribution in [1.29, 1.82) is 0 Å². The van der Waals surface area contributed by atoms with Crippen molar-refractivity contribution in [3.63, 3.8) is 0 Å². The molecule has 2 amide bonds. The first-order valence-electron chi connectivity index (χ1n) is 11.0. The number of halogens is 3. The highest BCUT2D eigenvalue weighted by Crippen LogP contribution is 2.38. The molecule has 34 heavy (non-hydrogen) atoms. The third-order valence-corrected chi connectivity index (χ3v) is 6.20. The SMILES string of the molecule is COc1ccc(N2C[C@@H](C(=O)Nc3cc(C(F)(F)F)ccc3N3CCCC3)CC2=O)c(OC)c1. The number of alkyl halides is 3. The number of methoxy groups -OCH3 is 2. The zero-order chi connectivity index (χ0) is 24.5. The Morgan fingerprint density at radius 2 is 1.74 bits per heavy atom. The summed E-state index contributed by atoms with van der Waals surface area (Å²) in [5, 5.41) is 2.67. The fourth-order valence-corrected chi connectivity index (χ4v) is 4.41. The van der Waals surface area contributed by atoms with Crippen LogP contribution in [0, 0.1) is 5.92 Å². The molecule has 1 N–H and O–H groups in total. The zero-order valence-electron chi connectivity index (χ0n) is 18.9. The number of anilines is 3. The lowest BCUT2D eigenvalue weighted by Gasteiger charge is -2.24. The Bertz CT molecular complexity index is 1080. The highest BCUT2D eigenvalue weighted by Gasteiger charge is 2.37. The van der Waals surface area contributed by atoms with Crippen LogP contribution in [-0.2, 0) is 15.8 Å². The molecule has 2 aromatic carbocycles. The van der Waals surface area contributed by atoms with E-state index in [-0.39, 0.29) is 24.6 Å². The monoisotopic (exact) mass is 477 g/mol. The molecular weight excluding hydrogens is 451 g/mol. The standard InChI is InChI=1S/C24H26F3N3O4/c1-33-17-6-8-20(21(13-17)34-2)30-14-15(11-22(30)31)23(32)28-18-12-16(24(25,26)27)5-7-19(18)29-9-3-4-10-29/h5-8,12-13,15H,3-4,9-11,14H2,1-2H3,(H,28,32)/t15-/m0/s1. The van der Waals surface area contributed by atoms with Gasteiger partial charge in [-0.05, 0) is 43.2 Å². The van der Waals surface area contributed by atoms with Crippen LogP contribution >= 0.6 is 0 Å². The van der Waals surface area contributed by atoms with Gasteiger partial charge in [0.25, 0.3) is 0 Å². The zero-order valence-corrected chi connectivity index (χ0v) is 18.9. The van der Waals surface area contributed by atoms with E-state index in [1.54, 1.807) is 18.2 Å². The Morgan fingerprint density at radius 3 is 2.38 bits per heavy atom. The second kappa shape index (κ2) is 9.44. The number of hydrogen-bond acceptors (Lipinski definition) is 5. The Kier molecular flexibility index (Phi) is 6.58. The van der Waals surface area contributed by atoms with Crippen molar-refractivity contribution < 1.29 is 32.2 Å². The molecule has 0 saturated carbocycles. The summed E-state index contributed by atoms with van der Waals surface area (Å²) in [7, 11) is 2.98. The minimum Gasteiger partial charge on any atom is -0.497 e. The van der Waals surface area contributed by atoms with Crippen LogP contribution in [0.25, 0.3) is 0 Å². The van der Waals surface area contributed by atoms with Gasteiger partial charge in [0.1, 0.15) is 11.5 Å². The molecule has 0 bridgehead atoms. The largest absolute Gasteiger partial charge is 0.497 e. The first-order chi connectivity index (χ1) is 16.2. The van der Waals surface area contributed by atoms with Crippen LogP contribution in [0.3, 0.4) is 0 Å². The van der Waals surface area contributed by atoms with Crippen molar-refractivity contribution in [2.24, 2.45) is 5.92 Å². The summed E-state index contributed by atoms with van der Waals surface area (Å²) in [6, 6.07) is 8.39. The molecule has 182 valence electrons. The molecule has 2 heterocycles. The van der Waals surface area contributed by atoms with Crippen LogP contribution in [0.15, 0.2) is 36.4 Å². The van der Waals surface area contributed by atoms with E-state index in [0.29, 0.717) is 36.0 Å². The first kappa shape index (κ1) is 23.7. The van der Waals surface area contributed by atoms with Crippen LogP contribution in [0.1, 0.15) is 24.8 Å². The molecule has 2 fully saturated rings. The number of ether oxygens (including phenoxy) is 2. The van der Waals surface area contributed by atoms with Gasteiger partial charge in [0.05, 0.1) is 42.8 Å². The molecule has 2 saturated heterocycles. The van der Waals surface area contributed by atoms with Gasteiger partial charge < -0.3 is 24.6 Å². The van der Waals surface area contributed by atoms with Crippen molar-refractivity contribution in [3.8, 4) is 11.5 Å². The average Bonchev–Trinajstić information content (AvgIpc) is 3.48. The van der Waals surface area contributed by atoms with E-state index < -0.39 is 23.6 Å². The summed E-state index contributed by atoms with van der Waals surface area (Å²) in [5.74, 6) is -0.515. The maximum absolute atomic E-state index is 13.3. The van der Waals surface area contributed by atoms with Crippen LogP contribution < -0.4 is 24.6 Å². The van der Waals surface area contributed by atoms with Gasteiger partial charge in [0, 0.05) is 32.1 Å². The van der Waals surface area contributed by atoms with Gasteiger partial charge in [0.2, 0.25) is 11.8 Å². The van der Waals surface area contributed by atoms with Gasteiger partial charge in [-0.15, -0.1) is 0 Å². The Labute approximate surface area is 195 Å². The van der Waals surface area contributed by atoms with Gasteiger partial charge in [0.15, 0.2) is 0 Å². The molecule has 2 aromatic rings. The van der Waals surface area contributed by atoms with Gasteiger partial charge in [-0.25, -0.2) is 0 Å². The van der Waals surface area contributed by atoms with Gasteiger partial charge in [-0.2, -0.15) is 13.2 Å². The summed E-state index contributed by atoms with van der Waals surface area (Å²) in [6.45, 7) is 1.51. The second-order valence-corrected chi connectivity index (χ2v) is 8.36. The fourth-order valence-electron chi connectivity index (χ4n) is 4.41. The maximum Gasteiger partial charge on any atom is 0.416 e. The highest BCUT2D eigenvalue weighted by molar-refractivity contribution is 6.05. The molecule has 0 unspecified atom stereocenters. The van der Waals surface area contributed by atoms with Crippen molar-refractivity contribution in [1.82, 2.24) is 0 Å². The molecule has 10 heteroatoms. The van der Waals surface area contributed by atoms with E-state index >= 15 is 0 Å². The van der Waals surface area contributed by atoms with Crippen molar-refractivity contribution >= 4 is 28.9 Å². The number of nitrogens with one attached hydrogen (secondary N) is 1. The quantitative estimate of drug-likeness (QED) is 0.671. The van der Waals surface area contributed by atoms with E-state index in [1.807, 2.05) is 4.90 Å². The van der Waals surface area contributed by atoms with Crippen LogP contribution in [-0.4, -0.2) is 45.7 Å². The minimum atomic E-state index is -4.53. The molecule has 0 spiro atoms. The Hall–Kier alpha value is -3.43. The highest BCUT2D eigenvalue weighted by atomic mass is 19.4.